The van der Waals surface area contributed by atoms with Gasteiger partial charge in [-0.25, -0.2) is 4.68 Å². The van der Waals surface area contributed by atoms with Gasteiger partial charge in [0.1, 0.15) is 0 Å². The second-order valence-corrected chi connectivity index (χ2v) is 3.75. The Balaban J connectivity index is 2.07. The predicted octanol–water partition coefficient (Wildman–Crippen LogP) is 1.11. The van der Waals surface area contributed by atoms with E-state index in [9.17, 15) is 0 Å². The van der Waals surface area contributed by atoms with Gasteiger partial charge in [-0.2, -0.15) is 0 Å². The summed E-state index contributed by atoms with van der Waals surface area (Å²) in [5, 5.41) is 7.96. The van der Waals surface area contributed by atoms with Crippen LogP contribution in [0.15, 0.2) is 6.20 Å². The second kappa shape index (κ2) is 8.50. The van der Waals surface area contributed by atoms with E-state index < -0.39 is 0 Å². The maximum absolute atomic E-state index is 5.61. The van der Waals surface area contributed by atoms with E-state index in [1.807, 2.05) is 6.20 Å². The molecule has 1 rings (SSSR count). The first kappa shape index (κ1) is 13.4. The first-order valence-corrected chi connectivity index (χ1v) is 5.92. The van der Waals surface area contributed by atoms with Crippen molar-refractivity contribution < 1.29 is 9.47 Å². The van der Waals surface area contributed by atoms with Gasteiger partial charge in [-0.1, -0.05) is 5.21 Å². The van der Waals surface area contributed by atoms with Gasteiger partial charge in [0.2, 0.25) is 0 Å². The van der Waals surface area contributed by atoms with Gasteiger partial charge in [0.15, 0.2) is 0 Å². The average Bonchev–Trinajstić information content (AvgIpc) is 2.72. The molecule has 0 fully saturated rings. The third-order valence-corrected chi connectivity index (χ3v) is 2.23. The van der Waals surface area contributed by atoms with Crippen molar-refractivity contribution in [2.24, 2.45) is 0 Å². The van der Waals surface area contributed by atoms with Gasteiger partial charge in [0, 0.05) is 38.8 Å². The molecule has 0 spiro atoms. The minimum atomic E-state index is 0.576. The molecule has 0 saturated heterocycles. The van der Waals surface area contributed by atoms with Crippen LogP contribution in [0.5, 0.6) is 0 Å². The highest BCUT2D eigenvalue weighted by atomic mass is 35.5. The van der Waals surface area contributed by atoms with E-state index in [2.05, 4.69) is 10.3 Å². The molecule has 0 amide bonds. The third-order valence-electron chi connectivity index (χ3n) is 2.04. The van der Waals surface area contributed by atoms with E-state index in [1.165, 1.54) is 0 Å². The fourth-order valence-corrected chi connectivity index (χ4v) is 1.42. The number of halogens is 1. The van der Waals surface area contributed by atoms with Gasteiger partial charge in [0.05, 0.1) is 18.8 Å². The monoisotopic (exact) mass is 247 g/mol. The van der Waals surface area contributed by atoms with Crippen LogP contribution in [-0.4, -0.2) is 47.8 Å². The van der Waals surface area contributed by atoms with Crippen LogP contribution in [0.3, 0.4) is 0 Å². The summed E-state index contributed by atoms with van der Waals surface area (Å²) in [6, 6.07) is 0. The largest absolute Gasteiger partial charge is 0.385 e. The van der Waals surface area contributed by atoms with E-state index in [0.29, 0.717) is 12.5 Å². The fourth-order valence-electron chi connectivity index (χ4n) is 1.22. The van der Waals surface area contributed by atoms with Crippen LogP contribution < -0.4 is 0 Å². The van der Waals surface area contributed by atoms with Gasteiger partial charge < -0.3 is 9.47 Å². The Labute approximate surface area is 101 Å². The zero-order chi connectivity index (χ0) is 11.6. The summed E-state index contributed by atoms with van der Waals surface area (Å²) >= 11 is 5.61. The number of aryl methyl sites for hydroxylation is 1. The molecule has 0 aliphatic rings. The Hall–Kier alpha value is -0.650. The van der Waals surface area contributed by atoms with Crippen molar-refractivity contribution in [2.75, 3.05) is 32.8 Å². The quantitative estimate of drug-likeness (QED) is 0.485. The lowest BCUT2D eigenvalue weighted by molar-refractivity contribution is 0.0958. The predicted molar refractivity (Wildman–Crippen MR) is 61.8 cm³/mol. The van der Waals surface area contributed by atoms with Crippen molar-refractivity contribution in [1.29, 1.82) is 0 Å². The molecule has 5 nitrogen and oxygen atoms in total. The topological polar surface area (TPSA) is 49.2 Å². The maximum Gasteiger partial charge on any atom is 0.0839 e. The summed E-state index contributed by atoms with van der Waals surface area (Å²) in [5.74, 6) is 0.576. The number of ether oxygens (including phenoxy) is 2. The molecule has 6 heteroatoms. The lowest BCUT2D eigenvalue weighted by Gasteiger charge is -2.03. The molecule has 1 heterocycles. The molecule has 0 aliphatic heterocycles. The lowest BCUT2D eigenvalue weighted by atomic mass is 10.4. The number of hydrogen-bond donors (Lipinski definition) is 0. The van der Waals surface area contributed by atoms with Gasteiger partial charge in [-0.15, -0.1) is 16.7 Å². The van der Waals surface area contributed by atoms with Crippen LogP contribution in [-0.2, 0) is 22.4 Å². The Morgan fingerprint density at radius 1 is 1.38 bits per heavy atom. The van der Waals surface area contributed by atoms with Crippen LogP contribution in [0, 0.1) is 0 Å². The number of alkyl halides is 1. The average molecular weight is 248 g/mol. The van der Waals surface area contributed by atoms with E-state index >= 15 is 0 Å². The van der Waals surface area contributed by atoms with Crippen molar-refractivity contribution in [1.82, 2.24) is 15.0 Å². The summed E-state index contributed by atoms with van der Waals surface area (Å²) in [6.45, 7) is 2.83. The van der Waals surface area contributed by atoms with Crippen LogP contribution in [0.2, 0.25) is 0 Å². The lowest BCUT2D eigenvalue weighted by Crippen LogP contribution is -2.08. The third kappa shape index (κ3) is 5.44. The highest BCUT2D eigenvalue weighted by molar-refractivity contribution is 6.17. The SMILES string of the molecule is COCCCOCCn1cc(CCCl)nn1. The Bertz CT molecular complexity index is 281. The van der Waals surface area contributed by atoms with Crippen LogP contribution in [0.25, 0.3) is 0 Å². The molecule has 0 unspecified atom stereocenters. The molecule has 0 N–H and O–H groups in total. The smallest absolute Gasteiger partial charge is 0.0839 e. The summed E-state index contributed by atoms with van der Waals surface area (Å²) in [7, 11) is 1.69. The van der Waals surface area contributed by atoms with Crippen LogP contribution in [0.4, 0.5) is 0 Å². The second-order valence-electron chi connectivity index (χ2n) is 3.37. The molecule has 0 saturated carbocycles. The highest BCUT2D eigenvalue weighted by Crippen LogP contribution is 1.96. The molecule has 0 bridgehead atoms. The number of nitrogens with zero attached hydrogens (tertiary/aromatic N) is 3. The minimum absolute atomic E-state index is 0.576. The molecular formula is C10H18ClN3O2. The zero-order valence-corrected chi connectivity index (χ0v) is 10.3. The van der Waals surface area contributed by atoms with Crippen LogP contribution in [0.1, 0.15) is 12.1 Å². The fraction of sp³-hybridized carbons (Fsp3) is 0.800. The van der Waals surface area contributed by atoms with Crippen LogP contribution >= 0.6 is 11.6 Å². The van der Waals surface area contributed by atoms with E-state index in [0.717, 1.165) is 38.3 Å². The molecular weight excluding hydrogens is 230 g/mol. The minimum Gasteiger partial charge on any atom is -0.385 e. The highest BCUT2D eigenvalue weighted by Gasteiger charge is 1.99. The summed E-state index contributed by atoms with van der Waals surface area (Å²) in [4.78, 5) is 0. The number of methoxy groups -OCH3 is 1. The first-order valence-electron chi connectivity index (χ1n) is 5.38. The number of rotatable bonds is 9. The molecule has 1 aromatic heterocycles. The number of hydrogen-bond acceptors (Lipinski definition) is 4. The van der Waals surface area contributed by atoms with Crippen molar-refractivity contribution in [2.45, 2.75) is 19.4 Å². The van der Waals surface area contributed by atoms with Crippen molar-refractivity contribution in [3.63, 3.8) is 0 Å². The van der Waals surface area contributed by atoms with Gasteiger partial charge in [-0.3, -0.25) is 0 Å². The standard InChI is InChI=1S/C10H18ClN3O2/c1-15-6-2-7-16-8-5-14-9-10(3-4-11)12-13-14/h9H,2-8H2,1H3. The summed E-state index contributed by atoms with van der Waals surface area (Å²) in [5.41, 5.74) is 0.925. The van der Waals surface area contributed by atoms with Gasteiger partial charge in [0.25, 0.3) is 0 Å². The van der Waals surface area contributed by atoms with Crippen molar-refractivity contribution in [3.05, 3.63) is 11.9 Å². The number of aromatic nitrogens is 3. The van der Waals surface area contributed by atoms with Gasteiger partial charge >= 0.3 is 0 Å². The van der Waals surface area contributed by atoms with Gasteiger partial charge in [-0.05, 0) is 6.42 Å². The zero-order valence-electron chi connectivity index (χ0n) is 9.56. The Kier molecular flexibility index (Phi) is 7.12. The first-order chi connectivity index (χ1) is 7.86. The Morgan fingerprint density at radius 2 is 2.25 bits per heavy atom. The molecule has 0 radical (unpaired) electrons. The molecule has 0 atom stereocenters. The maximum atomic E-state index is 5.61. The van der Waals surface area contributed by atoms with E-state index in [-0.39, 0.29) is 0 Å². The van der Waals surface area contributed by atoms with Crippen molar-refractivity contribution in [3.8, 4) is 0 Å². The van der Waals surface area contributed by atoms with E-state index in [4.69, 9.17) is 21.1 Å². The molecule has 0 aliphatic carbocycles. The Morgan fingerprint density at radius 3 is 3.00 bits per heavy atom. The molecule has 16 heavy (non-hydrogen) atoms. The molecule has 0 aromatic carbocycles. The summed E-state index contributed by atoms with van der Waals surface area (Å²) < 4.78 is 12.1. The van der Waals surface area contributed by atoms with E-state index in [1.54, 1.807) is 11.8 Å². The normalized spacial score (nSPS) is 10.9. The molecule has 92 valence electrons. The van der Waals surface area contributed by atoms with Crippen molar-refractivity contribution >= 4 is 11.6 Å². The molecule has 1 aromatic rings. The summed E-state index contributed by atoms with van der Waals surface area (Å²) in [6.07, 6.45) is 3.59.